The molecule has 0 bridgehead atoms. The number of amides is 1. The van der Waals surface area contributed by atoms with Gasteiger partial charge in [0.15, 0.2) is 0 Å². The molecule has 1 aliphatic heterocycles. The lowest BCUT2D eigenvalue weighted by Gasteiger charge is -2.32. The molecule has 1 amide bonds. The van der Waals surface area contributed by atoms with E-state index in [-0.39, 0.29) is 16.3 Å². The van der Waals surface area contributed by atoms with Gasteiger partial charge in [-0.3, -0.25) is 4.79 Å². The van der Waals surface area contributed by atoms with Crippen molar-refractivity contribution in [2.24, 2.45) is 5.10 Å². The number of hydrogen-bond acceptors (Lipinski definition) is 4. The van der Waals surface area contributed by atoms with Gasteiger partial charge in [-0.15, -0.1) is 0 Å². The molecule has 0 unspecified atom stereocenters. The molecule has 0 saturated heterocycles. The van der Waals surface area contributed by atoms with Crippen molar-refractivity contribution in [3.8, 4) is 5.75 Å². The summed E-state index contributed by atoms with van der Waals surface area (Å²) in [6.07, 6.45) is -5.93. The van der Waals surface area contributed by atoms with Crippen LogP contribution in [0.2, 0.25) is 0 Å². The number of methoxy groups -OCH3 is 1. The molecule has 5 nitrogen and oxygen atoms in total. The van der Waals surface area contributed by atoms with Gasteiger partial charge in [-0.05, 0) is 42.0 Å². The smallest absolute Gasteiger partial charge is 0.438 e. The summed E-state index contributed by atoms with van der Waals surface area (Å²) < 4.78 is 45.6. The number of carbonyl (C=O) groups is 1. The Morgan fingerprint density at radius 1 is 1.15 bits per heavy atom. The zero-order valence-corrected chi connectivity index (χ0v) is 13.7. The number of nitrogens with zero attached hydrogens (tertiary/aromatic N) is 2. The number of benzene rings is 2. The predicted octanol–water partition coefficient (Wildman–Crippen LogP) is 3.20. The van der Waals surface area contributed by atoms with Gasteiger partial charge in [-0.1, -0.05) is 18.2 Å². The van der Waals surface area contributed by atoms with Gasteiger partial charge in [0.25, 0.3) is 11.6 Å². The molecule has 0 fully saturated rings. The number of halogens is 3. The first kappa shape index (κ1) is 17.9. The van der Waals surface area contributed by atoms with Crippen LogP contribution >= 0.6 is 0 Å². The van der Waals surface area contributed by atoms with Gasteiger partial charge in [-0.2, -0.15) is 23.3 Å². The number of alkyl halides is 3. The Bertz CT molecular complexity index is 835. The zero-order valence-electron chi connectivity index (χ0n) is 13.7. The molecular formula is C18H15F3N2O3. The number of carbonyl (C=O) groups excluding carboxylic acids is 1. The summed E-state index contributed by atoms with van der Waals surface area (Å²) in [4.78, 5) is 12.5. The van der Waals surface area contributed by atoms with E-state index in [9.17, 15) is 23.1 Å². The van der Waals surface area contributed by atoms with Crippen molar-refractivity contribution in [1.29, 1.82) is 0 Å². The van der Waals surface area contributed by atoms with Crippen LogP contribution in [0.3, 0.4) is 0 Å². The van der Waals surface area contributed by atoms with Crippen molar-refractivity contribution in [1.82, 2.24) is 5.01 Å². The van der Waals surface area contributed by atoms with Crippen LogP contribution < -0.4 is 4.74 Å². The maximum absolute atomic E-state index is 13.5. The van der Waals surface area contributed by atoms with Crippen molar-refractivity contribution in [3.05, 3.63) is 65.7 Å². The molecule has 0 aliphatic carbocycles. The van der Waals surface area contributed by atoms with E-state index in [1.807, 2.05) is 0 Å². The lowest BCUT2D eigenvalue weighted by atomic mass is 10.0. The van der Waals surface area contributed by atoms with E-state index < -0.39 is 24.2 Å². The molecule has 0 aromatic heterocycles. The van der Waals surface area contributed by atoms with Crippen LogP contribution in [0.1, 0.15) is 22.3 Å². The Kier molecular flexibility index (Phi) is 4.45. The average molecular weight is 364 g/mol. The van der Waals surface area contributed by atoms with Gasteiger partial charge in [-0.25, -0.2) is 0 Å². The maximum atomic E-state index is 13.5. The van der Waals surface area contributed by atoms with Crippen molar-refractivity contribution < 1.29 is 27.8 Å². The monoisotopic (exact) mass is 364 g/mol. The van der Waals surface area contributed by atoms with Crippen LogP contribution in [0.4, 0.5) is 13.2 Å². The summed E-state index contributed by atoms with van der Waals surface area (Å²) in [5.41, 5.74) is -3.10. The average Bonchev–Trinajstić information content (AvgIpc) is 3.01. The third kappa shape index (κ3) is 3.03. The van der Waals surface area contributed by atoms with Crippen molar-refractivity contribution in [3.63, 3.8) is 0 Å². The fourth-order valence-electron chi connectivity index (χ4n) is 2.63. The Morgan fingerprint density at radius 2 is 1.77 bits per heavy atom. The number of rotatable bonds is 3. The highest BCUT2D eigenvalue weighted by atomic mass is 19.4. The van der Waals surface area contributed by atoms with E-state index in [4.69, 9.17) is 4.74 Å². The van der Waals surface area contributed by atoms with E-state index in [1.54, 1.807) is 18.2 Å². The summed E-state index contributed by atoms with van der Waals surface area (Å²) in [5.74, 6) is -0.510. The summed E-state index contributed by atoms with van der Waals surface area (Å²) in [5, 5.41) is 14.2. The second-order valence-electron chi connectivity index (χ2n) is 5.75. The predicted molar refractivity (Wildman–Crippen MR) is 87.8 cm³/mol. The lowest BCUT2D eigenvalue weighted by molar-refractivity contribution is -0.297. The fraction of sp³-hybridized carbons (Fsp3) is 0.222. The maximum Gasteiger partial charge on any atom is 0.438 e. The largest absolute Gasteiger partial charge is 0.497 e. The molecule has 8 heteroatoms. The fourth-order valence-corrected chi connectivity index (χ4v) is 2.63. The molecule has 1 heterocycles. The molecule has 136 valence electrons. The molecule has 0 saturated carbocycles. The third-order valence-corrected chi connectivity index (χ3v) is 4.08. The first-order valence-electron chi connectivity index (χ1n) is 7.67. The Labute approximate surface area is 147 Å². The van der Waals surface area contributed by atoms with E-state index in [1.165, 1.54) is 43.5 Å². The molecule has 2 aromatic carbocycles. The normalized spacial score (nSPS) is 20.0. The summed E-state index contributed by atoms with van der Waals surface area (Å²) in [6, 6.07) is 13.5. The van der Waals surface area contributed by atoms with E-state index >= 15 is 0 Å². The first-order chi connectivity index (χ1) is 12.3. The SMILES string of the molecule is COc1ccc(C2=NN(C(=O)c3ccccc3)[C@@](O)(C(F)(F)F)C2)cc1. The highest BCUT2D eigenvalue weighted by molar-refractivity contribution is 6.05. The minimum Gasteiger partial charge on any atom is -0.497 e. The Morgan fingerprint density at radius 3 is 2.31 bits per heavy atom. The van der Waals surface area contributed by atoms with Crippen molar-refractivity contribution in [2.45, 2.75) is 18.3 Å². The van der Waals surface area contributed by atoms with E-state index in [2.05, 4.69) is 5.10 Å². The third-order valence-electron chi connectivity index (χ3n) is 4.08. The topological polar surface area (TPSA) is 62.1 Å². The van der Waals surface area contributed by atoms with Gasteiger partial charge in [0.05, 0.1) is 19.2 Å². The van der Waals surface area contributed by atoms with Crippen LogP contribution in [0.25, 0.3) is 0 Å². The number of aliphatic hydroxyl groups is 1. The summed E-state index contributed by atoms with van der Waals surface area (Å²) in [6.45, 7) is 0. The molecule has 2 aromatic rings. The number of hydrogen-bond donors (Lipinski definition) is 1. The standard InChI is InChI=1S/C18H15F3N2O3/c1-26-14-9-7-12(8-10-14)15-11-17(25,18(19,20)21)23(22-15)16(24)13-5-3-2-4-6-13/h2-10,25H,11H2,1H3/t17-/m0/s1. The number of hydrazone groups is 1. The quantitative estimate of drug-likeness (QED) is 0.910. The van der Waals surface area contributed by atoms with Gasteiger partial charge in [0.2, 0.25) is 0 Å². The van der Waals surface area contributed by atoms with E-state index in [0.29, 0.717) is 11.3 Å². The molecule has 3 rings (SSSR count). The van der Waals surface area contributed by atoms with Crippen molar-refractivity contribution in [2.75, 3.05) is 7.11 Å². The van der Waals surface area contributed by atoms with Crippen LogP contribution in [0.5, 0.6) is 5.75 Å². The van der Waals surface area contributed by atoms with Crippen LogP contribution in [-0.4, -0.2) is 40.7 Å². The lowest BCUT2D eigenvalue weighted by Crippen LogP contribution is -2.56. The molecule has 1 aliphatic rings. The first-order valence-corrected chi connectivity index (χ1v) is 7.67. The molecular weight excluding hydrogens is 349 g/mol. The van der Waals surface area contributed by atoms with Crippen LogP contribution in [-0.2, 0) is 0 Å². The second-order valence-corrected chi connectivity index (χ2v) is 5.75. The highest BCUT2D eigenvalue weighted by Gasteiger charge is 2.63. The van der Waals surface area contributed by atoms with E-state index in [0.717, 1.165) is 0 Å². The van der Waals surface area contributed by atoms with Gasteiger partial charge < -0.3 is 9.84 Å². The Balaban J connectivity index is 2.02. The Hall–Kier alpha value is -2.87. The minimum atomic E-state index is -5.07. The van der Waals surface area contributed by atoms with Gasteiger partial charge in [0.1, 0.15) is 5.75 Å². The van der Waals surface area contributed by atoms with Crippen LogP contribution in [0.15, 0.2) is 59.7 Å². The van der Waals surface area contributed by atoms with Gasteiger partial charge in [0, 0.05) is 5.56 Å². The second kappa shape index (κ2) is 6.45. The molecule has 0 radical (unpaired) electrons. The van der Waals surface area contributed by atoms with Crippen molar-refractivity contribution >= 4 is 11.6 Å². The molecule has 1 atom stereocenters. The van der Waals surface area contributed by atoms with Crippen LogP contribution in [0, 0.1) is 0 Å². The highest BCUT2D eigenvalue weighted by Crippen LogP contribution is 2.42. The zero-order chi connectivity index (χ0) is 18.9. The summed E-state index contributed by atoms with van der Waals surface area (Å²) >= 11 is 0. The number of ether oxygens (including phenoxy) is 1. The molecule has 1 N–H and O–H groups in total. The molecule has 26 heavy (non-hydrogen) atoms. The molecule has 0 spiro atoms. The minimum absolute atomic E-state index is 0.00472. The van der Waals surface area contributed by atoms with Gasteiger partial charge >= 0.3 is 6.18 Å². The summed E-state index contributed by atoms with van der Waals surface area (Å²) in [7, 11) is 1.46.